The third-order valence-electron chi connectivity index (χ3n) is 2.55. The van der Waals surface area contributed by atoms with Crippen molar-refractivity contribution in [2.45, 2.75) is 26.1 Å². The van der Waals surface area contributed by atoms with Crippen molar-refractivity contribution < 1.29 is 14.4 Å². The molecule has 0 saturated heterocycles. The summed E-state index contributed by atoms with van der Waals surface area (Å²) in [6.07, 6.45) is 3.33. The lowest BCUT2D eigenvalue weighted by Crippen LogP contribution is -2.30. The topological polar surface area (TPSA) is 119 Å². The fourth-order valence-corrected chi connectivity index (χ4v) is 1.66. The van der Waals surface area contributed by atoms with Gasteiger partial charge in [0.15, 0.2) is 0 Å². The van der Waals surface area contributed by atoms with Crippen LogP contribution in [0.2, 0.25) is 0 Å². The van der Waals surface area contributed by atoms with E-state index >= 15 is 0 Å². The van der Waals surface area contributed by atoms with E-state index in [2.05, 4.69) is 15.4 Å². The molecule has 2 rings (SSSR count). The van der Waals surface area contributed by atoms with Gasteiger partial charge >= 0.3 is 5.69 Å². The number of nitrogens with one attached hydrogen (secondary N) is 1. The molecule has 0 radical (unpaired) electrons. The molecule has 0 spiro atoms. The zero-order valence-electron chi connectivity index (χ0n) is 10.9. The highest BCUT2D eigenvalue weighted by Crippen LogP contribution is 2.08. The van der Waals surface area contributed by atoms with Crippen LogP contribution in [0.15, 0.2) is 23.0 Å². The fraction of sp³-hybridized carbons (Fsp3) is 0.455. The largest absolute Gasteiger partial charge is 0.445 e. The molecule has 0 aliphatic carbocycles. The van der Waals surface area contributed by atoms with Crippen LogP contribution in [0.25, 0.3) is 0 Å². The Balaban J connectivity index is 1.74. The molecule has 2 aromatic heterocycles. The molecule has 2 N–H and O–H groups in total. The third kappa shape index (κ3) is 3.87. The summed E-state index contributed by atoms with van der Waals surface area (Å²) in [5.74, 6) is 1.27. The molecule has 108 valence electrons. The van der Waals surface area contributed by atoms with Crippen molar-refractivity contribution in [3.63, 3.8) is 0 Å². The Morgan fingerprint density at radius 3 is 3.00 bits per heavy atom. The minimum atomic E-state index is -0.717. The van der Waals surface area contributed by atoms with E-state index in [1.54, 1.807) is 13.1 Å². The maximum atomic E-state index is 10.5. The number of aliphatic hydroxyl groups excluding tert-OH is 1. The number of hydrogen-bond donors (Lipinski definition) is 2. The summed E-state index contributed by atoms with van der Waals surface area (Å²) in [5, 5.41) is 27.1. The fourth-order valence-electron chi connectivity index (χ4n) is 1.66. The maximum Gasteiger partial charge on any atom is 0.306 e. The lowest BCUT2D eigenvalue weighted by Gasteiger charge is -2.10. The SMILES string of the molecule is Cc1cnc(CNCC(O)Cn2cc([N+](=O)[O-])cn2)o1. The number of aryl methyl sites for hydroxylation is 1. The first kappa shape index (κ1) is 14.2. The smallest absolute Gasteiger partial charge is 0.306 e. The van der Waals surface area contributed by atoms with Crippen molar-refractivity contribution >= 4 is 5.69 Å². The predicted molar refractivity (Wildman–Crippen MR) is 67.8 cm³/mol. The van der Waals surface area contributed by atoms with Gasteiger partial charge < -0.3 is 14.8 Å². The molecule has 0 saturated carbocycles. The summed E-state index contributed by atoms with van der Waals surface area (Å²) in [7, 11) is 0. The second-order valence-corrected chi connectivity index (χ2v) is 4.33. The van der Waals surface area contributed by atoms with Gasteiger partial charge in [0.05, 0.1) is 30.3 Å². The Bertz CT molecular complexity index is 579. The van der Waals surface area contributed by atoms with E-state index in [1.807, 2.05) is 0 Å². The second kappa shape index (κ2) is 6.26. The lowest BCUT2D eigenvalue weighted by molar-refractivity contribution is -0.385. The van der Waals surface area contributed by atoms with Crippen LogP contribution < -0.4 is 5.32 Å². The zero-order valence-corrected chi connectivity index (χ0v) is 10.9. The summed E-state index contributed by atoms with van der Waals surface area (Å²) < 4.78 is 6.60. The van der Waals surface area contributed by atoms with Gasteiger partial charge in [-0.2, -0.15) is 5.10 Å². The van der Waals surface area contributed by atoms with Crippen molar-refractivity contribution in [2.24, 2.45) is 0 Å². The van der Waals surface area contributed by atoms with E-state index in [4.69, 9.17) is 4.42 Å². The molecule has 20 heavy (non-hydrogen) atoms. The van der Waals surface area contributed by atoms with Gasteiger partial charge in [-0.1, -0.05) is 0 Å². The van der Waals surface area contributed by atoms with Gasteiger partial charge in [0, 0.05) is 6.54 Å². The minimum Gasteiger partial charge on any atom is -0.445 e. The molecule has 0 aromatic carbocycles. The second-order valence-electron chi connectivity index (χ2n) is 4.33. The number of nitrogens with zero attached hydrogens (tertiary/aromatic N) is 4. The normalized spacial score (nSPS) is 12.5. The molecule has 0 aliphatic rings. The van der Waals surface area contributed by atoms with Crippen LogP contribution in [-0.4, -0.2) is 37.4 Å². The lowest BCUT2D eigenvalue weighted by atomic mass is 10.3. The standard InChI is InChI=1S/C11H15N5O4/c1-8-2-13-11(20-8)5-12-4-10(17)7-15-6-9(3-14-15)16(18)19/h2-3,6,10,12,17H,4-5,7H2,1H3. The van der Waals surface area contributed by atoms with E-state index in [1.165, 1.54) is 10.9 Å². The average molecular weight is 281 g/mol. The van der Waals surface area contributed by atoms with Crippen molar-refractivity contribution in [2.75, 3.05) is 6.54 Å². The molecule has 0 aliphatic heterocycles. The Labute approximate surface area is 114 Å². The molecule has 0 bridgehead atoms. The predicted octanol–water partition coefficient (Wildman–Crippen LogP) is 0.238. The van der Waals surface area contributed by atoms with Crippen molar-refractivity contribution in [1.29, 1.82) is 0 Å². The molecular weight excluding hydrogens is 266 g/mol. The van der Waals surface area contributed by atoms with Crippen molar-refractivity contribution in [3.05, 3.63) is 40.4 Å². The quantitative estimate of drug-likeness (QED) is 0.551. The highest BCUT2D eigenvalue weighted by Gasteiger charge is 2.12. The number of aromatic nitrogens is 3. The van der Waals surface area contributed by atoms with Gasteiger partial charge in [0.2, 0.25) is 5.89 Å². The van der Waals surface area contributed by atoms with E-state index in [-0.39, 0.29) is 12.2 Å². The highest BCUT2D eigenvalue weighted by molar-refractivity contribution is 5.20. The summed E-state index contributed by atoms with van der Waals surface area (Å²) in [4.78, 5) is 14.0. The third-order valence-corrected chi connectivity index (χ3v) is 2.55. The number of oxazole rings is 1. The van der Waals surface area contributed by atoms with Gasteiger partial charge in [-0.25, -0.2) is 4.98 Å². The molecule has 9 nitrogen and oxygen atoms in total. The van der Waals surface area contributed by atoms with Gasteiger partial charge in [0.25, 0.3) is 0 Å². The van der Waals surface area contributed by atoms with Crippen molar-refractivity contribution in [3.8, 4) is 0 Å². The maximum absolute atomic E-state index is 10.5. The Hall–Kier alpha value is -2.26. The molecule has 0 fully saturated rings. The van der Waals surface area contributed by atoms with Crippen LogP contribution in [0.5, 0.6) is 0 Å². The van der Waals surface area contributed by atoms with Crippen LogP contribution in [0.1, 0.15) is 11.7 Å². The van der Waals surface area contributed by atoms with E-state index in [9.17, 15) is 15.2 Å². The molecule has 1 unspecified atom stereocenters. The van der Waals surface area contributed by atoms with Crippen LogP contribution >= 0.6 is 0 Å². The first-order valence-electron chi connectivity index (χ1n) is 6.01. The molecule has 9 heteroatoms. The number of nitro groups is 1. The Kier molecular flexibility index (Phi) is 4.43. The summed E-state index contributed by atoms with van der Waals surface area (Å²) in [6, 6.07) is 0. The Morgan fingerprint density at radius 2 is 2.40 bits per heavy atom. The Morgan fingerprint density at radius 1 is 1.60 bits per heavy atom. The molecular formula is C11H15N5O4. The molecule has 2 heterocycles. The van der Waals surface area contributed by atoms with Gasteiger partial charge in [-0.15, -0.1) is 0 Å². The van der Waals surface area contributed by atoms with Crippen LogP contribution in [0.3, 0.4) is 0 Å². The highest BCUT2D eigenvalue weighted by atomic mass is 16.6. The minimum absolute atomic E-state index is 0.0968. The van der Waals surface area contributed by atoms with E-state index < -0.39 is 11.0 Å². The van der Waals surface area contributed by atoms with Crippen LogP contribution in [-0.2, 0) is 13.1 Å². The summed E-state index contributed by atoms with van der Waals surface area (Å²) in [6.45, 7) is 2.68. The number of hydrogen-bond acceptors (Lipinski definition) is 7. The first-order chi connectivity index (χ1) is 9.54. The molecule has 0 amide bonds. The van der Waals surface area contributed by atoms with E-state index in [0.717, 1.165) is 12.0 Å². The van der Waals surface area contributed by atoms with Gasteiger partial charge in [-0.05, 0) is 6.92 Å². The molecule has 2 aromatic rings. The van der Waals surface area contributed by atoms with Crippen LogP contribution in [0, 0.1) is 17.0 Å². The summed E-state index contributed by atoms with van der Waals surface area (Å²) in [5.41, 5.74) is -0.0968. The summed E-state index contributed by atoms with van der Waals surface area (Å²) >= 11 is 0. The van der Waals surface area contributed by atoms with Gasteiger partial charge in [0.1, 0.15) is 18.2 Å². The number of aliphatic hydroxyl groups is 1. The first-order valence-corrected chi connectivity index (χ1v) is 6.01. The van der Waals surface area contributed by atoms with Gasteiger partial charge in [-0.3, -0.25) is 14.8 Å². The van der Waals surface area contributed by atoms with E-state index in [0.29, 0.717) is 19.0 Å². The van der Waals surface area contributed by atoms with Crippen molar-refractivity contribution in [1.82, 2.24) is 20.1 Å². The zero-order chi connectivity index (χ0) is 14.5. The monoisotopic (exact) mass is 281 g/mol. The van der Waals surface area contributed by atoms with Crippen LogP contribution in [0.4, 0.5) is 5.69 Å². The number of rotatable bonds is 7. The molecule has 1 atom stereocenters. The average Bonchev–Trinajstić information content (AvgIpc) is 2.99.